The molecule has 0 saturated heterocycles. The summed E-state index contributed by atoms with van der Waals surface area (Å²) in [5, 5.41) is 0. The number of hydrogen-bond acceptors (Lipinski definition) is 1. The molecular weight excluding hydrogens is 146 g/mol. The van der Waals surface area contributed by atoms with Gasteiger partial charge in [0.25, 0.3) is 0 Å². The maximum Gasteiger partial charge on any atom is 0.0596 e. The topological polar surface area (TPSA) is 12.4 Å². The number of rotatable bonds is 1. The van der Waals surface area contributed by atoms with Gasteiger partial charge in [-0.05, 0) is 13.8 Å². The molecule has 64 valence electrons. The smallest absolute Gasteiger partial charge is 0.0596 e. The van der Waals surface area contributed by atoms with E-state index in [1.54, 1.807) is 0 Å². The molecule has 0 saturated carbocycles. The maximum absolute atomic E-state index is 4.32. The Balaban J connectivity index is 2.92. The molecule has 0 radical (unpaired) electrons. The Morgan fingerprint density at radius 1 is 1.67 bits per heavy atom. The standard InChI is InChI=1S/C11H15N/c1-4-11(3)7-5-6-10(2)8-12-9-11/h4-7,9H,1,8H2,2-3H3/b7-5-,10-6-,12-9?. The summed E-state index contributed by atoms with van der Waals surface area (Å²) in [4.78, 5) is 4.32. The third kappa shape index (κ3) is 2.19. The van der Waals surface area contributed by atoms with Gasteiger partial charge in [0.2, 0.25) is 0 Å². The Kier molecular flexibility index (Phi) is 2.64. The Morgan fingerprint density at radius 2 is 2.42 bits per heavy atom. The molecule has 0 aromatic rings. The van der Waals surface area contributed by atoms with Gasteiger partial charge in [-0.15, -0.1) is 6.58 Å². The van der Waals surface area contributed by atoms with Crippen LogP contribution in [0.25, 0.3) is 0 Å². The zero-order chi connectivity index (χ0) is 9.03. The molecule has 1 aliphatic heterocycles. The van der Waals surface area contributed by atoms with Gasteiger partial charge in [-0.3, -0.25) is 4.99 Å². The van der Waals surface area contributed by atoms with Crippen LogP contribution in [-0.2, 0) is 0 Å². The first-order chi connectivity index (χ1) is 5.66. The van der Waals surface area contributed by atoms with Crippen LogP contribution >= 0.6 is 0 Å². The second-order valence-electron chi connectivity index (χ2n) is 3.41. The SMILES string of the molecule is C=CC1(C)C=NC/C(C)=C\C=C/1. The lowest BCUT2D eigenvalue weighted by molar-refractivity contribution is 0.786. The van der Waals surface area contributed by atoms with Crippen LogP contribution in [-0.4, -0.2) is 12.8 Å². The second-order valence-corrected chi connectivity index (χ2v) is 3.41. The number of hydrogen-bond donors (Lipinski definition) is 0. The van der Waals surface area contributed by atoms with E-state index in [1.807, 2.05) is 12.3 Å². The molecule has 1 rings (SSSR count). The Hall–Kier alpha value is -1.11. The van der Waals surface area contributed by atoms with Gasteiger partial charge in [0.05, 0.1) is 6.54 Å². The zero-order valence-corrected chi connectivity index (χ0v) is 7.75. The summed E-state index contributed by atoms with van der Waals surface area (Å²) in [5.74, 6) is 0. The minimum absolute atomic E-state index is 0.0722. The highest BCUT2D eigenvalue weighted by Gasteiger charge is 2.12. The molecule has 1 unspecified atom stereocenters. The molecule has 0 bridgehead atoms. The molecule has 0 spiro atoms. The van der Waals surface area contributed by atoms with E-state index in [4.69, 9.17) is 0 Å². The van der Waals surface area contributed by atoms with Gasteiger partial charge >= 0.3 is 0 Å². The van der Waals surface area contributed by atoms with Crippen molar-refractivity contribution in [2.75, 3.05) is 6.54 Å². The predicted molar refractivity (Wildman–Crippen MR) is 54.6 cm³/mol. The van der Waals surface area contributed by atoms with E-state index < -0.39 is 0 Å². The summed E-state index contributed by atoms with van der Waals surface area (Å²) >= 11 is 0. The average Bonchev–Trinajstić information content (AvgIpc) is 2.01. The highest BCUT2D eigenvalue weighted by atomic mass is 14.7. The van der Waals surface area contributed by atoms with E-state index in [9.17, 15) is 0 Å². The fraction of sp³-hybridized carbons (Fsp3) is 0.364. The summed E-state index contributed by atoms with van der Waals surface area (Å²) in [7, 11) is 0. The van der Waals surface area contributed by atoms with E-state index in [0.29, 0.717) is 0 Å². The van der Waals surface area contributed by atoms with Crippen molar-refractivity contribution in [2.24, 2.45) is 10.4 Å². The first-order valence-electron chi connectivity index (χ1n) is 4.16. The first kappa shape index (κ1) is 8.98. The molecule has 0 amide bonds. The minimum atomic E-state index is -0.0722. The maximum atomic E-state index is 4.32. The summed E-state index contributed by atoms with van der Waals surface area (Å²) in [6.07, 6.45) is 10.1. The van der Waals surface area contributed by atoms with E-state index in [-0.39, 0.29) is 5.41 Å². The molecule has 0 N–H and O–H groups in total. The molecule has 0 aliphatic carbocycles. The van der Waals surface area contributed by atoms with Crippen LogP contribution in [0.1, 0.15) is 13.8 Å². The molecule has 1 heterocycles. The molecular formula is C11H15N. The van der Waals surface area contributed by atoms with Crippen molar-refractivity contribution in [1.82, 2.24) is 0 Å². The van der Waals surface area contributed by atoms with Gasteiger partial charge in [0, 0.05) is 11.6 Å². The molecule has 12 heavy (non-hydrogen) atoms. The minimum Gasteiger partial charge on any atom is -0.292 e. The summed E-state index contributed by atoms with van der Waals surface area (Å²) < 4.78 is 0. The first-order valence-corrected chi connectivity index (χ1v) is 4.16. The van der Waals surface area contributed by atoms with Crippen molar-refractivity contribution in [3.05, 3.63) is 36.5 Å². The number of aliphatic imine (C=N–C) groups is 1. The molecule has 1 nitrogen and oxygen atoms in total. The van der Waals surface area contributed by atoms with Crippen molar-refractivity contribution < 1.29 is 0 Å². The monoisotopic (exact) mass is 161 g/mol. The summed E-state index contributed by atoms with van der Waals surface area (Å²) in [6.45, 7) is 8.76. The van der Waals surface area contributed by atoms with Crippen LogP contribution in [0.15, 0.2) is 41.4 Å². The predicted octanol–water partition coefficient (Wildman–Crippen LogP) is 2.77. The van der Waals surface area contributed by atoms with E-state index in [0.717, 1.165) is 6.54 Å². The van der Waals surface area contributed by atoms with E-state index in [2.05, 4.69) is 43.6 Å². The summed E-state index contributed by atoms with van der Waals surface area (Å²) in [5.41, 5.74) is 1.21. The number of nitrogens with zero attached hydrogens (tertiary/aromatic N) is 1. The van der Waals surface area contributed by atoms with E-state index >= 15 is 0 Å². The molecule has 0 aromatic carbocycles. The second kappa shape index (κ2) is 3.53. The van der Waals surface area contributed by atoms with Crippen molar-refractivity contribution in [1.29, 1.82) is 0 Å². The lowest BCUT2D eigenvalue weighted by Crippen LogP contribution is -2.12. The normalized spacial score (nSPS) is 36.0. The van der Waals surface area contributed by atoms with Gasteiger partial charge in [-0.1, -0.05) is 29.9 Å². The lowest BCUT2D eigenvalue weighted by atomic mass is 9.91. The fourth-order valence-electron chi connectivity index (χ4n) is 1.02. The lowest BCUT2D eigenvalue weighted by Gasteiger charge is -2.16. The number of allylic oxidation sites excluding steroid dienone is 4. The Morgan fingerprint density at radius 3 is 3.08 bits per heavy atom. The van der Waals surface area contributed by atoms with Crippen molar-refractivity contribution in [3.8, 4) is 0 Å². The fourth-order valence-corrected chi connectivity index (χ4v) is 1.02. The van der Waals surface area contributed by atoms with Gasteiger partial charge in [0.1, 0.15) is 0 Å². The third-order valence-corrected chi connectivity index (χ3v) is 1.99. The quantitative estimate of drug-likeness (QED) is 0.524. The van der Waals surface area contributed by atoms with E-state index in [1.165, 1.54) is 5.57 Å². The van der Waals surface area contributed by atoms with Gasteiger partial charge in [0.15, 0.2) is 0 Å². The average molecular weight is 161 g/mol. The van der Waals surface area contributed by atoms with Gasteiger partial charge < -0.3 is 0 Å². The van der Waals surface area contributed by atoms with Crippen LogP contribution in [0.5, 0.6) is 0 Å². The van der Waals surface area contributed by atoms with Gasteiger partial charge in [-0.25, -0.2) is 0 Å². The Labute approximate surface area is 74.2 Å². The van der Waals surface area contributed by atoms with Crippen LogP contribution in [0.4, 0.5) is 0 Å². The molecule has 1 aliphatic rings. The molecule has 1 atom stereocenters. The summed E-state index contributed by atoms with van der Waals surface area (Å²) in [6, 6.07) is 0. The molecule has 0 aromatic heterocycles. The molecule has 0 fully saturated rings. The van der Waals surface area contributed by atoms with Crippen LogP contribution < -0.4 is 0 Å². The Bertz CT molecular complexity index is 258. The molecule has 1 heteroatoms. The van der Waals surface area contributed by atoms with Crippen molar-refractivity contribution in [3.63, 3.8) is 0 Å². The largest absolute Gasteiger partial charge is 0.292 e. The highest BCUT2D eigenvalue weighted by molar-refractivity contribution is 5.71. The third-order valence-electron chi connectivity index (χ3n) is 1.99. The van der Waals surface area contributed by atoms with Crippen molar-refractivity contribution >= 4 is 6.21 Å². The van der Waals surface area contributed by atoms with Crippen LogP contribution in [0.3, 0.4) is 0 Å². The van der Waals surface area contributed by atoms with Crippen LogP contribution in [0, 0.1) is 5.41 Å². The zero-order valence-electron chi connectivity index (χ0n) is 7.75. The highest BCUT2D eigenvalue weighted by Crippen LogP contribution is 2.18. The van der Waals surface area contributed by atoms with Gasteiger partial charge in [-0.2, -0.15) is 0 Å². The van der Waals surface area contributed by atoms with Crippen LogP contribution in [0.2, 0.25) is 0 Å². The van der Waals surface area contributed by atoms with Crippen molar-refractivity contribution in [2.45, 2.75) is 13.8 Å².